The largest absolute Gasteiger partial charge is 0.497 e. The van der Waals surface area contributed by atoms with Crippen molar-refractivity contribution in [1.82, 2.24) is 9.78 Å². The number of aryl methyl sites for hydroxylation is 1. The van der Waals surface area contributed by atoms with Crippen molar-refractivity contribution >= 4 is 5.96 Å². The third-order valence-corrected chi connectivity index (χ3v) is 4.12. The zero-order chi connectivity index (χ0) is 18.7. The Kier molecular flexibility index (Phi) is 4.88. The van der Waals surface area contributed by atoms with Crippen LogP contribution in [0.2, 0.25) is 0 Å². The van der Waals surface area contributed by atoms with Crippen LogP contribution in [0.3, 0.4) is 0 Å². The number of halogens is 1. The van der Waals surface area contributed by atoms with Crippen molar-refractivity contribution in [1.29, 1.82) is 5.41 Å². The van der Waals surface area contributed by atoms with Crippen LogP contribution in [0.5, 0.6) is 11.6 Å². The number of nitrogens with one attached hydrogen (secondary N) is 1. The zero-order valence-corrected chi connectivity index (χ0v) is 14.2. The van der Waals surface area contributed by atoms with Gasteiger partial charge in [-0.05, 0) is 54.8 Å². The number of benzene rings is 2. The minimum absolute atomic E-state index is 0.162. The van der Waals surface area contributed by atoms with Crippen LogP contribution < -0.4 is 10.5 Å². The molecule has 0 aliphatic heterocycles. The normalized spacial score (nSPS) is 10.7. The number of nitrogens with zero attached hydrogens (tertiary/aromatic N) is 2. The Hall–Kier alpha value is -3.35. The summed E-state index contributed by atoms with van der Waals surface area (Å²) in [7, 11) is 1.58. The van der Waals surface area contributed by atoms with Gasteiger partial charge < -0.3 is 15.6 Å². The average Bonchev–Trinajstić information content (AvgIpc) is 2.98. The fourth-order valence-electron chi connectivity index (χ4n) is 2.74. The lowest BCUT2D eigenvalue weighted by Gasteiger charge is -2.05. The van der Waals surface area contributed by atoms with E-state index >= 15 is 0 Å². The van der Waals surface area contributed by atoms with Crippen LogP contribution in [0.1, 0.15) is 11.1 Å². The standard InChI is InChI=1S/C19H19FN4O2/c1-26-15-9-5-13(6-10-15)17-16(18(25)24(23-17)19(21)22)11-4-12-2-7-14(20)8-3-12/h2-3,5-10,25H,4,11H2,1H3,(H3,21,22). The maximum atomic E-state index is 13.1. The van der Waals surface area contributed by atoms with E-state index in [1.165, 1.54) is 12.1 Å². The molecule has 0 spiro atoms. The summed E-state index contributed by atoms with van der Waals surface area (Å²) >= 11 is 0. The van der Waals surface area contributed by atoms with Gasteiger partial charge >= 0.3 is 0 Å². The first-order valence-corrected chi connectivity index (χ1v) is 8.03. The Morgan fingerprint density at radius 1 is 1.15 bits per heavy atom. The summed E-state index contributed by atoms with van der Waals surface area (Å²) in [5, 5.41) is 22.3. The van der Waals surface area contributed by atoms with Crippen LogP contribution in [0.4, 0.5) is 4.39 Å². The molecule has 0 atom stereocenters. The third-order valence-electron chi connectivity index (χ3n) is 4.12. The van der Waals surface area contributed by atoms with Crippen LogP contribution in [-0.2, 0) is 12.8 Å². The van der Waals surface area contributed by atoms with Gasteiger partial charge in [-0.3, -0.25) is 5.41 Å². The lowest BCUT2D eigenvalue weighted by atomic mass is 10.0. The molecule has 6 nitrogen and oxygen atoms in total. The molecule has 0 radical (unpaired) electrons. The van der Waals surface area contributed by atoms with Gasteiger partial charge in [-0.15, -0.1) is 0 Å². The highest BCUT2D eigenvalue weighted by Crippen LogP contribution is 2.31. The molecule has 1 heterocycles. The summed E-state index contributed by atoms with van der Waals surface area (Å²) in [6.07, 6.45) is 1.05. The van der Waals surface area contributed by atoms with Gasteiger partial charge in [-0.2, -0.15) is 9.78 Å². The summed E-state index contributed by atoms with van der Waals surface area (Å²) in [4.78, 5) is 0. The van der Waals surface area contributed by atoms with Gasteiger partial charge in [0, 0.05) is 11.1 Å². The molecule has 0 saturated heterocycles. The number of ether oxygens (including phenoxy) is 1. The number of rotatable bonds is 5. The quantitative estimate of drug-likeness (QED) is 0.485. The van der Waals surface area contributed by atoms with Crippen molar-refractivity contribution in [2.75, 3.05) is 7.11 Å². The van der Waals surface area contributed by atoms with Crippen LogP contribution in [0.25, 0.3) is 11.3 Å². The van der Waals surface area contributed by atoms with Gasteiger partial charge in [-0.1, -0.05) is 12.1 Å². The van der Waals surface area contributed by atoms with E-state index in [1.54, 1.807) is 31.4 Å². The molecular formula is C19H19FN4O2. The average molecular weight is 354 g/mol. The summed E-state index contributed by atoms with van der Waals surface area (Å²) in [6, 6.07) is 13.4. The van der Waals surface area contributed by atoms with Crippen molar-refractivity contribution in [3.05, 3.63) is 65.5 Å². The monoisotopic (exact) mass is 354 g/mol. The Morgan fingerprint density at radius 2 is 1.81 bits per heavy atom. The van der Waals surface area contributed by atoms with Gasteiger partial charge in [0.1, 0.15) is 17.3 Å². The van der Waals surface area contributed by atoms with Crippen molar-refractivity contribution in [3.63, 3.8) is 0 Å². The Morgan fingerprint density at radius 3 is 2.38 bits per heavy atom. The molecule has 134 valence electrons. The molecule has 3 rings (SSSR count). The Labute approximate surface area is 150 Å². The minimum Gasteiger partial charge on any atom is -0.497 e. The highest BCUT2D eigenvalue weighted by Gasteiger charge is 2.20. The molecule has 0 fully saturated rings. The van der Waals surface area contributed by atoms with E-state index in [2.05, 4.69) is 5.10 Å². The number of hydrogen-bond donors (Lipinski definition) is 3. The first kappa shape index (κ1) is 17.5. The van der Waals surface area contributed by atoms with Crippen LogP contribution in [0.15, 0.2) is 48.5 Å². The van der Waals surface area contributed by atoms with Crippen LogP contribution in [0, 0.1) is 11.2 Å². The highest BCUT2D eigenvalue weighted by molar-refractivity contribution is 5.80. The van der Waals surface area contributed by atoms with Crippen molar-refractivity contribution in [2.45, 2.75) is 12.8 Å². The number of hydrogen-bond acceptors (Lipinski definition) is 4. The van der Waals surface area contributed by atoms with E-state index < -0.39 is 0 Å². The van der Waals surface area contributed by atoms with Gasteiger partial charge in [0.25, 0.3) is 0 Å². The van der Waals surface area contributed by atoms with Gasteiger partial charge in [0.2, 0.25) is 11.8 Å². The van der Waals surface area contributed by atoms with E-state index in [0.717, 1.165) is 15.8 Å². The molecule has 4 N–H and O–H groups in total. The second kappa shape index (κ2) is 7.26. The smallest absolute Gasteiger partial charge is 0.220 e. The molecule has 0 aliphatic carbocycles. The highest BCUT2D eigenvalue weighted by atomic mass is 19.1. The fraction of sp³-hybridized carbons (Fsp3) is 0.158. The Balaban J connectivity index is 1.95. The summed E-state index contributed by atoms with van der Waals surface area (Å²) in [5.41, 5.74) is 8.33. The van der Waals surface area contributed by atoms with E-state index in [4.69, 9.17) is 15.9 Å². The number of aromatic hydroxyl groups is 1. The molecule has 2 aromatic carbocycles. The van der Waals surface area contributed by atoms with Crippen LogP contribution in [-0.4, -0.2) is 28.0 Å². The predicted molar refractivity (Wildman–Crippen MR) is 97.0 cm³/mol. The number of methoxy groups -OCH3 is 1. The zero-order valence-electron chi connectivity index (χ0n) is 14.2. The van der Waals surface area contributed by atoms with E-state index in [-0.39, 0.29) is 17.7 Å². The van der Waals surface area contributed by atoms with Gasteiger partial charge in [0.05, 0.1) is 7.11 Å². The number of aromatic nitrogens is 2. The number of nitrogen functional groups attached to an aromatic ring is 1. The topological polar surface area (TPSA) is 97.2 Å². The number of nitrogens with two attached hydrogens (primary N) is 1. The maximum absolute atomic E-state index is 13.1. The molecule has 0 bridgehead atoms. The molecule has 1 aromatic heterocycles. The van der Waals surface area contributed by atoms with Crippen molar-refractivity contribution in [2.24, 2.45) is 5.73 Å². The van der Waals surface area contributed by atoms with Gasteiger partial charge in [0.15, 0.2) is 0 Å². The molecule has 26 heavy (non-hydrogen) atoms. The van der Waals surface area contributed by atoms with Crippen molar-refractivity contribution in [3.8, 4) is 22.9 Å². The molecular weight excluding hydrogens is 335 g/mol. The second-order valence-electron chi connectivity index (χ2n) is 5.80. The molecule has 7 heteroatoms. The van der Waals surface area contributed by atoms with Crippen LogP contribution >= 0.6 is 0 Å². The molecule has 0 saturated carbocycles. The van der Waals surface area contributed by atoms with E-state index in [0.29, 0.717) is 29.8 Å². The maximum Gasteiger partial charge on any atom is 0.220 e. The minimum atomic E-state index is -0.370. The van der Waals surface area contributed by atoms with Gasteiger partial charge in [-0.25, -0.2) is 4.39 Å². The van der Waals surface area contributed by atoms with E-state index in [1.807, 2.05) is 12.1 Å². The first-order valence-electron chi connectivity index (χ1n) is 8.03. The molecule has 0 unspecified atom stereocenters. The first-order chi connectivity index (χ1) is 12.5. The fourth-order valence-corrected chi connectivity index (χ4v) is 2.74. The molecule has 3 aromatic rings. The summed E-state index contributed by atoms with van der Waals surface area (Å²) in [6.45, 7) is 0. The SMILES string of the molecule is COc1ccc(-c2nn(C(=N)N)c(O)c2CCc2ccc(F)cc2)cc1. The molecule has 0 aliphatic rings. The Bertz CT molecular complexity index is 918. The lowest BCUT2D eigenvalue weighted by Crippen LogP contribution is -2.21. The van der Waals surface area contributed by atoms with E-state index in [9.17, 15) is 9.50 Å². The summed E-state index contributed by atoms with van der Waals surface area (Å²) < 4.78 is 19.2. The lowest BCUT2D eigenvalue weighted by molar-refractivity contribution is 0.415. The third kappa shape index (κ3) is 3.51. The second-order valence-corrected chi connectivity index (χ2v) is 5.80. The summed E-state index contributed by atoms with van der Waals surface area (Å²) in [5.74, 6) is -0.118. The predicted octanol–water partition coefficient (Wildman–Crippen LogP) is 2.93. The van der Waals surface area contributed by atoms with Crippen molar-refractivity contribution < 1.29 is 14.2 Å². The molecule has 0 amide bonds.